The fraction of sp³-hybridized carbons (Fsp3) is 0.100. The lowest BCUT2D eigenvalue weighted by Crippen LogP contribution is -2.29. The molecular weight excluding hydrogens is 358 g/mol. The van der Waals surface area contributed by atoms with Gasteiger partial charge in [-0.1, -0.05) is 18.2 Å². The largest absolute Gasteiger partial charge is 0.361 e. The number of nitrogens with one attached hydrogen (secondary N) is 3. The van der Waals surface area contributed by atoms with E-state index in [1.165, 1.54) is 11.6 Å². The van der Waals surface area contributed by atoms with Crippen molar-refractivity contribution in [3.63, 3.8) is 0 Å². The normalized spacial score (nSPS) is 10.4. The number of carbonyl (C=O) groups is 3. The van der Waals surface area contributed by atoms with Gasteiger partial charge in [-0.25, -0.2) is 0 Å². The summed E-state index contributed by atoms with van der Waals surface area (Å²) in [6.07, 6.45) is 0. The zero-order valence-electron chi connectivity index (χ0n) is 15.4. The Hall–Kier alpha value is -3.94. The van der Waals surface area contributed by atoms with Crippen LogP contribution >= 0.6 is 0 Å². The van der Waals surface area contributed by atoms with E-state index in [1.54, 1.807) is 24.3 Å². The van der Waals surface area contributed by atoms with E-state index in [9.17, 15) is 14.4 Å². The summed E-state index contributed by atoms with van der Waals surface area (Å²) in [6, 6.07) is 14.0. The molecule has 0 saturated carbocycles. The number of aromatic nitrogens is 2. The maximum absolute atomic E-state index is 12.5. The summed E-state index contributed by atoms with van der Waals surface area (Å²) >= 11 is 0. The SMILES string of the molecule is Cc1ccc(-c2cc(C(=O)Nc3cccc(NC(=O)C(N)=O)c3)[nH]n2)cc1C. The molecule has 8 nitrogen and oxygen atoms in total. The molecule has 0 radical (unpaired) electrons. The van der Waals surface area contributed by atoms with Gasteiger partial charge < -0.3 is 16.4 Å². The molecule has 0 bridgehead atoms. The Morgan fingerprint density at radius 2 is 1.64 bits per heavy atom. The van der Waals surface area contributed by atoms with E-state index in [2.05, 4.69) is 20.8 Å². The Morgan fingerprint density at radius 3 is 2.32 bits per heavy atom. The van der Waals surface area contributed by atoms with E-state index in [1.807, 2.05) is 32.0 Å². The third-order valence-electron chi connectivity index (χ3n) is 4.23. The predicted octanol–water partition coefficient (Wildman–Crippen LogP) is 2.37. The molecule has 142 valence electrons. The second-order valence-electron chi connectivity index (χ2n) is 6.32. The quantitative estimate of drug-likeness (QED) is 0.520. The Labute approximate surface area is 161 Å². The molecule has 0 saturated heterocycles. The summed E-state index contributed by atoms with van der Waals surface area (Å²) in [5.41, 5.74) is 9.88. The zero-order chi connectivity index (χ0) is 20.3. The van der Waals surface area contributed by atoms with Gasteiger partial charge in [0.1, 0.15) is 5.69 Å². The summed E-state index contributed by atoms with van der Waals surface area (Å²) in [5, 5.41) is 12.0. The van der Waals surface area contributed by atoms with Crippen molar-refractivity contribution in [2.45, 2.75) is 13.8 Å². The molecule has 3 aromatic rings. The third-order valence-corrected chi connectivity index (χ3v) is 4.23. The number of rotatable bonds is 4. The van der Waals surface area contributed by atoms with Gasteiger partial charge in [0.15, 0.2) is 0 Å². The first-order valence-corrected chi connectivity index (χ1v) is 8.49. The highest BCUT2D eigenvalue weighted by molar-refractivity contribution is 6.39. The van der Waals surface area contributed by atoms with Crippen LogP contribution in [0.15, 0.2) is 48.5 Å². The van der Waals surface area contributed by atoms with Gasteiger partial charge in [0, 0.05) is 16.9 Å². The molecule has 0 fully saturated rings. The van der Waals surface area contributed by atoms with Crippen molar-refractivity contribution < 1.29 is 14.4 Å². The third kappa shape index (κ3) is 4.24. The Bertz CT molecular complexity index is 1070. The number of aryl methyl sites for hydroxylation is 2. The van der Waals surface area contributed by atoms with Gasteiger partial charge in [-0.15, -0.1) is 0 Å². The summed E-state index contributed by atoms with van der Waals surface area (Å²) in [6.45, 7) is 4.05. The number of anilines is 2. The fourth-order valence-corrected chi connectivity index (χ4v) is 2.55. The number of hydrogen-bond acceptors (Lipinski definition) is 4. The lowest BCUT2D eigenvalue weighted by Gasteiger charge is -2.07. The number of nitrogens with two attached hydrogens (primary N) is 1. The highest BCUT2D eigenvalue weighted by atomic mass is 16.2. The van der Waals surface area contributed by atoms with Crippen molar-refractivity contribution in [3.8, 4) is 11.3 Å². The van der Waals surface area contributed by atoms with Crippen LogP contribution in [0.25, 0.3) is 11.3 Å². The van der Waals surface area contributed by atoms with Crippen molar-refractivity contribution in [3.05, 3.63) is 65.4 Å². The summed E-state index contributed by atoms with van der Waals surface area (Å²) < 4.78 is 0. The molecule has 0 spiro atoms. The van der Waals surface area contributed by atoms with Crippen LogP contribution in [0.4, 0.5) is 11.4 Å². The topological polar surface area (TPSA) is 130 Å². The van der Waals surface area contributed by atoms with Crippen LogP contribution in [-0.2, 0) is 9.59 Å². The minimum Gasteiger partial charge on any atom is -0.361 e. The number of nitrogens with zero attached hydrogens (tertiary/aromatic N) is 1. The molecule has 0 aliphatic carbocycles. The molecule has 3 amide bonds. The van der Waals surface area contributed by atoms with Crippen molar-refractivity contribution in [2.24, 2.45) is 5.73 Å². The Balaban J connectivity index is 1.73. The van der Waals surface area contributed by atoms with Gasteiger partial charge in [-0.3, -0.25) is 19.5 Å². The van der Waals surface area contributed by atoms with Crippen LogP contribution in [0.2, 0.25) is 0 Å². The average Bonchev–Trinajstić information content (AvgIpc) is 3.14. The molecule has 0 unspecified atom stereocenters. The summed E-state index contributed by atoms with van der Waals surface area (Å²) in [5.74, 6) is -2.41. The first kappa shape index (κ1) is 18.8. The second kappa shape index (κ2) is 7.75. The number of H-pyrrole nitrogens is 1. The molecule has 1 aromatic heterocycles. The molecule has 8 heteroatoms. The Kier molecular flexibility index (Phi) is 5.21. The van der Waals surface area contributed by atoms with E-state index < -0.39 is 11.8 Å². The lowest BCUT2D eigenvalue weighted by atomic mass is 10.0. The lowest BCUT2D eigenvalue weighted by molar-refractivity contribution is -0.134. The van der Waals surface area contributed by atoms with Gasteiger partial charge in [0.25, 0.3) is 5.91 Å². The smallest absolute Gasteiger partial charge is 0.313 e. The minimum atomic E-state index is -1.09. The Morgan fingerprint density at radius 1 is 0.929 bits per heavy atom. The van der Waals surface area contributed by atoms with Gasteiger partial charge in [-0.2, -0.15) is 5.10 Å². The predicted molar refractivity (Wildman–Crippen MR) is 106 cm³/mol. The second-order valence-corrected chi connectivity index (χ2v) is 6.32. The van der Waals surface area contributed by atoms with Gasteiger partial charge >= 0.3 is 11.8 Å². The van der Waals surface area contributed by atoms with Gasteiger partial charge in [0.2, 0.25) is 0 Å². The van der Waals surface area contributed by atoms with Crippen LogP contribution < -0.4 is 16.4 Å². The summed E-state index contributed by atoms with van der Waals surface area (Å²) in [4.78, 5) is 34.7. The monoisotopic (exact) mass is 377 g/mol. The highest BCUT2D eigenvalue weighted by Crippen LogP contribution is 2.22. The average molecular weight is 377 g/mol. The van der Waals surface area contributed by atoms with Crippen LogP contribution in [0.3, 0.4) is 0 Å². The van der Waals surface area contributed by atoms with Crippen LogP contribution in [0.1, 0.15) is 21.6 Å². The van der Waals surface area contributed by atoms with Crippen molar-refractivity contribution >= 4 is 29.1 Å². The molecule has 3 rings (SSSR count). The maximum Gasteiger partial charge on any atom is 0.313 e. The first-order chi connectivity index (χ1) is 13.3. The number of hydrogen-bond donors (Lipinski definition) is 4. The van der Waals surface area contributed by atoms with E-state index in [-0.39, 0.29) is 5.91 Å². The standard InChI is InChI=1S/C20H19N5O3/c1-11-6-7-13(8-12(11)2)16-10-17(25-24-16)19(27)22-14-4-3-5-15(9-14)23-20(28)18(21)26/h3-10H,1-2H3,(H2,21,26)(H,22,27)(H,23,28)(H,24,25). The fourth-order valence-electron chi connectivity index (χ4n) is 2.55. The molecule has 0 aliphatic rings. The van der Waals surface area contributed by atoms with E-state index >= 15 is 0 Å². The van der Waals surface area contributed by atoms with Crippen molar-refractivity contribution in [1.29, 1.82) is 0 Å². The first-order valence-electron chi connectivity index (χ1n) is 8.49. The highest BCUT2D eigenvalue weighted by Gasteiger charge is 2.13. The molecule has 1 heterocycles. The summed E-state index contributed by atoms with van der Waals surface area (Å²) in [7, 11) is 0. The number of carbonyl (C=O) groups excluding carboxylic acids is 3. The van der Waals surface area contributed by atoms with Crippen LogP contribution in [0.5, 0.6) is 0 Å². The zero-order valence-corrected chi connectivity index (χ0v) is 15.4. The van der Waals surface area contributed by atoms with Crippen molar-refractivity contribution in [1.82, 2.24) is 10.2 Å². The molecule has 28 heavy (non-hydrogen) atoms. The number of primary amides is 1. The molecule has 2 aromatic carbocycles. The van der Waals surface area contributed by atoms with Crippen LogP contribution in [0, 0.1) is 13.8 Å². The molecule has 0 atom stereocenters. The minimum absolute atomic E-state index is 0.291. The van der Waals surface area contributed by atoms with Crippen LogP contribution in [-0.4, -0.2) is 27.9 Å². The van der Waals surface area contributed by atoms with E-state index in [0.29, 0.717) is 22.8 Å². The van der Waals surface area contributed by atoms with Crippen molar-refractivity contribution in [2.75, 3.05) is 10.6 Å². The molecule has 0 aliphatic heterocycles. The number of benzene rings is 2. The number of aromatic amines is 1. The molecule has 5 N–H and O–H groups in total. The van der Waals surface area contributed by atoms with Gasteiger partial charge in [-0.05, 0) is 55.3 Å². The van der Waals surface area contributed by atoms with Gasteiger partial charge in [0.05, 0.1) is 5.69 Å². The maximum atomic E-state index is 12.5. The number of amides is 3. The molecular formula is C20H19N5O3. The van der Waals surface area contributed by atoms with E-state index in [0.717, 1.165) is 11.1 Å². The van der Waals surface area contributed by atoms with E-state index in [4.69, 9.17) is 5.73 Å².